The smallest absolute Gasteiger partial charge is 0.228 e. The van der Waals surface area contributed by atoms with Crippen LogP contribution in [0.4, 0.5) is 22.9 Å². The van der Waals surface area contributed by atoms with Crippen molar-refractivity contribution in [3.8, 4) is 0 Å². The topological polar surface area (TPSA) is 57.3 Å². The second-order valence-corrected chi connectivity index (χ2v) is 7.10. The first kappa shape index (κ1) is 19.2. The van der Waals surface area contributed by atoms with Crippen LogP contribution in [0, 0.1) is 5.92 Å². The lowest BCUT2D eigenvalue weighted by atomic mass is 9.89. The number of anilines is 4. The van der Waals surface area contributed by atoms with Crippen LogP contribution >= 0.6 is 0 Å². The number of rotatable bonds is 7. The third kappa shape index (κ3) is 5.22. The fourth-order valence-corrected chi connectivity index (χ4v) is 3.65. The van der Waals surface area contributed by atoms with Crippen molar-refractivity contribution in [1.29, 1.82) is 0 Å². The van der Waals surface area contributed by atoms with Crippen LogP contribution in [0.15, 0.2) is 42.6 Å². The number of hydrogen-bond acceptors (Lipinski definition) is 4. The number of nitrogens with zero attached hydrogens (tertiary/aromatic N) is 2. The van der Waals surface area contributed by atoms with E-state index in [9.17, 15) is 4.79 Å². The van der Waals surface area contributed by atoms with Crippen molar-refractivity contribution in [2.45, 2.75) is 46.0 Å². The van der Waals surface area contributed by atoms with Crippen molar-refractivity contribution in [1.82, 2.24) is 4.98 Å². The molecule has 27 heavy (non-hydrogen) atoms. The molecule has 1 aromatic carbocycles. The zero-order chi connectivity index (χ0) is 19.1. The molecular formula is C22H30N4O. The highest BCUT2D eigenvalue weighted by atomic mass is 16.1. The van der Waals surface area contributed by atoms with Crippen LogP contribution in [0.3, 0.4) is 0 Å². The van der Waals surface area contributed by atoms with E-state index in [0.717, 1.165) is 50.1 Å². The second kappa shape index (κ2) is 9.40. The second-order valence-electron chi connectivity index (χ2n) is 7.10. The van der Waals surface area contributed by atoms with Gasteiger partial charge >= 0.3 is 0 Å². The van der Waals surface area contributed by atoms with E-state index in [1.165, 1.54) is 12.1 Å². The summed E-state index contributed by atoms with van der Waals surface area (Å²) >= 11 is 0. The van der Waals surface area contributed by atoms with Gasteiger partial charge in [0.15, 0.2) is 0 Å². The fraction of sp³-hybridized carbons (Fsp3) is 0.455. The molecule has 5 nitrogen and oxygen atoms in total. The van der Waals surface area contributed by atoms with Gasteiger partial charge in [-0.15, -0.1) is 0 Å². The third-order valence-electron chi connectivity index (χ3n) is 5.28. The first-order valence-electron chi connectivity index (χ1n) is 10.1. The van der Waals surface area contributed by atoms with Crippen LogP contribution in [0.25, 0.3) is 0 Å². The van der Waals surface area contributed by atoms with Crippen LogP contribution in [-0.4, -0.2) is 24.0 Å². The van der Waals surface area contributed by atoms with Gasteiger partial charge < -0.3 is 15.5 Å². The summed E-state index contributed by atoms with van der Waals surface area (Å²) in [5, 5.41) is 6.31. The van der Waals surface area contributed by atoms with E-state index >= 15 is 0 Å². The SMILES string of the molecule is CCN(CC)c1ccc(Nc2ccc(NC(=O)C3CCCCC3)nc2)cc1. The van der Waals surface area contributed by atoms with Gasteiger partial charge in [-0.3, -0.25) is 4.79 Å². The number of carbonyl (C=O) groups is 1. The van der Waals surface area contributed by atoms with E-state index in [1.54, 1.807) is 6.20 Å². The van der Waals surface area contributed by atoms with E-state index in [0.29, 0.717) is 5.82 Å². The molecule has 1 heterocycles. The maximum absolute atomic E-state index is 12.3. The Kier molecular flexibility index (Phi) is 6.69. The largest absolute Gasteiger partial charge is 0.372 e. The molecule has 0 atom stereocenters. The van der Waals surface area contributed by atoms with Crippen molar-refractivity contribution in [3.63, 3.8) is 0 Å². The summed E-state index contributed by atoms with van der Waals surface area (Å²) in [4.78, 5) is 19.0. The van der Waals surface area contributed by atoms with Crippen LogP contribution < -0.4 is 15.5 Å². The van der Waals surface area contributed by atoms with E-state index < -0.39 is 0 Å². The standard InChI is InChI=1S/C22H30N4O/c1-3-26(4-2)20-13-10-18(11-14-20)24-19-12-15-21(23-16-19)25-22(27)17-8-6-5-7-9-17/h10-17,24H,3-9H2,1-2H3,(H,23,25,27). The summed E-state index contributed by atoms with van der Waals surface area (Å²) in [6.45, 7) is 6.33. The summed E-state index contributed by atoms with van der Waals surface area (Å²) in [5.74, 6) is 0.866. The summed E-state index contributed by atoms with van der Waals surface area (Å²) in [6, 6.07) is 12.2. The lowest BCUT2D eigenvalue weighted by Gasteiger charge is -2.21. The summed E-state index contributed by atoms with van der Waals surface area (Å²) in [5.41, 5.74) is 3.15. The minimum absolute atomic E-state index is 0.106. The van der Waals surface area contributed by atoms with Gasteiger partial charge in [-0.05, 0) is 63.1 Å². The Morgan fingerprint density at radius 2 is 1.67 bits per heavy atom. The normalized spacial score (nSPS) is 14.6. The van der Waals surface area contributed by atoms with Gasteiger partial charge in [0.05, 0.1) is 11.9 Å². The van der Waals surface area contributed by atoms with Crippen molar-refractivity contribution >= 4 is 28.8 Å². The molecule has 2 N–H and O–H groups in total. The third-order valence-corrected chi connectivity index (χ3v) is 5.28. The van der Waals surface area contributed by atoms with Crippen molar-refractivity contribution in [2.24, 2.45) is 5.92 Å². The molecule has 1 fully saturated rings. The molecule has 5 heteroatoms. The summed E-state index contributed by atoms with van der Waals surface area (Å²) in [7, 11) is 0. The van der Waals surface area contributed by atoms with Gasteiger partial charge in [0.2, 0.25) is 5.91 Å². The quantitative estimate of drug-likeness (QED) is 0.708. The zero-order valence-corrected chi connectivity index (χ0v) is 16.4. The molecule has 144 valence electrons. The molecule has 2 aromatic rings. The average molecular weight is 367 g/mol. The van der Waals surface area contributed by atoms with E-state index in [1.807, 2.05) is 12.1 Å². The Hall–Kier alpha value is -2.56. The first-order chi connectivity index (χ1) is 13.2. The number of nitrogens with one attached hydrogen (secondary N) is 2. The highest BCUT2D eigenvalue weighted by Crippen LogP contribution is 2.25. The molecule has 1 aromatic heterocycles. The highest BCUT2D eigenvalue weighted by molar-refractivity contribution is 5.91. The van der Waals surface area contributed by atoms with Gasteiger partial charge in [0, 0.05) is 30.4 Å². The number of benzene rings is 1. The maximum Gasteiger partial charge on any atom is 0.228 e. The van der Waals surface area contributed by atoms with Gasteiger partial charge in [0.1, 0.15) is 5.82 Å². The number of hydrogen-bond donors (Lipinski definition) is 2. The molecular weight excluding hydrogens is 336 g/mol. The van der Waals surface area contributed by atoms with Crippen molar-refractivity contribution in [3.05, 3.63) is 42.6 Å². The van der Waals surface area contributed by atoms with Gasteiger partial charge in [0.25, 0.3) is 0 Å². The predicted octanol–water partition coefficient (Wildman–Crippen LogP) is 5.19. The molecule has 0 radical (unpaired) electrons. The van der Waals surface area contributed by atoms with Crippen LogP contribution in [0.1, 0.15) is 46.0 Å². The molecule has 0 aliphatic heterocycles. The molecule has 1 saturated carbocycles. The zero-order valence-electron chi connectivity index (χ0n) is 16.4. The molecule has 1 aliphatic carbocycles. The Bertz CT molecular complexity index is 717. The monoisotopic (exact) mass is 366 g/mol. The fourth-order valence-electron chi connectivity index (χ4n) is 3.65. The lowest BCUT2D eigenvalue weighted by molar-refractivity contribution is -0.120. The predicted molar refractivity (Wildman–Crippen MR) is 113 cm³/mol. The van der Waals surface area contributed by atoms with Gasteiger partial charge in [-0.2, -0.15) is 0 Å². The molecule has 0 saturated heterocycles. The minimum atomic E-state index is 0.106. The number of carbonyl (C=O) groups excluding carboxylic acids is 1. The Morgan fingerprint density at radius 3 is 2.26 bits per heavy atom. The van der Waals surface area contributed by atoms with Gasteiger partial charge in [-0.1, -0.05) is 19.3 Å². The van der Waals surface area contributed by atoms with Crippen molar-refractivity contribution in [2.75, 3.05) is 28.6 Å². The van der Waals surface area contributed by atoms with E-state index in [4.69, 9.17) is 0 Å². The minimum Gasteiger partial charge on any atom is -0.372 e. The molecule has 1 aliphatic rings. The average Bonchev–Trinajstić information content (AvgIpc) is 2.72. The lowest BCUT2D eigenvalue weighted by Crippen LogP contribution is -2.25. The molecule has 0 spiro atoms. The van der Waals surface area contributed by atoms with Crippen LogP contribution in [0.2, 0.25) is 0 Å². The van der Waals surface area contributed by atoms with Gasteiger partial charge in [-0.25, -0.2) is 4.98 Å². The molecule has 0 unspecified atom stereocenters. The van der Waals surface area contributed by atoms with Crippen LogP contribution in [0.5, 0.6) is 0 Å². The Morgan fingerprint density at radius 1 is 1.00 bits per heavy atom. The summed E-state index contributed by atoms with van der Waals surface area (Å²) in [6.07, 6.45) is 7.31. The Balaban J connectivity index is 1.56. The maximum atomic E-state index is 12.3. The Labute approximate surface area is 162 Å². The molecule has 0 bridgehead atoms. The number of amides is 1. The van der Waals surface area contributed by atoms with E-state index in [-0.39, 0.29) is 11.8 Å². The highest BCUT2D eigenvalue weighted by Gasteiger charge is 2.21. The number of aromatic nitrogens is 1. The van der Waals surface area contributed by atoms with E-state index in [2.05, 4.69) is 58.6 Å². The summed E-state index contributed by atoms with van der Waals surface area (Å²) < 4.78 is 0. The number of pyridine rings is 1. The van der Waals surface area contributed by atoms with Crippen molar-refractivity contribution < 1.29 is 4.79 Å². The van der Waals surface area contributed by atoms with Crippen LogP contribution in [-0.2, 0) is 4.79 Å². The molecule has 3 rings (SSSR count). The first-order valence-corrected chi connectivity index (χ1v) is 10.1. The molecule has 1 amide bonds.